The average molecular weight is 476 g/mol. The molecule has 0 aromatic heterocycles. The number of anilines is 1. The lowest BCUT2D eigenvalue weighted by molar-refractivity contribution is -0.126. The molecule has 0 radical (unpaired) electrons. The molecule has 182 valence electrons. The molecule has 2 amide bonds. The van der Waals surface area contributed by atoms with Crippen LogP contribution in [-0.2, 0) is 16.2 Å². The molecule has 0 unspecified atom stereocenters. The number of hydrogen-bond donors (Lipinski definition) is 2. The van der Waals surface area contributed by atoms with Gasteiger partial charge in [-0.2, -0.15) is 5.10 Å². The van der Waals surface area contributed by atoms with Crippen molar-refractivity contribution in [1.29, 1.82) is 0 Å². The van der Waals surface area contributed by atoms with Crippen molar-refractivity contribution >= 4 is 23.7 Å². The molecule has 3 rings (SSSR count). The van der Waals surface area contributed by atoms with Crippen LogP contribution in [0.15, 0.2) is 71.8 Å². The first-order valence-corrected chi connectivity index (χ1v) is 11.2. The van der Waals surface area contributed by atoms with E-state index in [1.165, 1.54) is 11.8 Å². The van der Waals surface area contributed by atoms with Crippen molar-refractivity contribution < 1.29 is 23.8 Å². The van der Waals surface area contributed by atoms with Gasteiger partial charge in [0.1, 0.15) is 18.8 Å². The van der Waals surface area contributed by atoms with Gasteiger partial charge in [0.25, 0.3) is 0 Å². The molecule has 0 saturated heterocycles. The maximum absolute atomic E-state index is 12.1. The fraction of sp³-hybridized carbons (Fsp3) is 0.222. The average Bonchev–Trinajstić information content (AvgIpc) is 2.85. The fourth-order valence-electron chi connectivity index (χ4n) is 3.10. The number of benzene rings is 3. The molecule has 0 aliphatic heterocycles. The lowest BCUT2D eigenvalue weighted by Crippen LogP contribution is -2.24. The van der Waals surface area contributed by atoms with Crippen molar-refractivity contribution in [2.24, 2.45) is 5.10 Å². The zero-order chi connectivity index (χ0) is 25.0. The smallest absolute Gasteiger partial charge is 0.249 e. The normalized spacial score (nSPS) is 10.6. The summed E-state index contributed by atoms with van der Waals surface area (Å²) in [7, 11) is 1.56. The molecule has 3 aromatic carbocycles. The summed E-state index contributed by atoms with van der Waals surface area (Å²) in [6, 6.07) is 20.3. The second-order valence-electron chi connectivity index (χ2n) is 7.66. The Morgan fingerprint density at radius 1 is 0.914 bits per heavy atom. The van der Waals surface area contributed by atoms with E-state index < -0.39 is 11.8 Å². The summed E-state index contributed by atoms with van der Waals surface area (Å²) in [6.07, 6.45) is 1.11. The van der Waals surface area contributed by atoms with Gasteiger partial charge in [0, 0.05) is 5.69 Å². The van der Waals surface area contributed by atoms with E-state index in [2.05, 4.69) is 15.8 Å². The topological polar surface area (TPSA) is 98.2 Å². The van der Waals surface area contributed by atoms with E-state index in [-0.39, 0.29) is 6.42 Å². The Labute approximate surface area is 204 Å². The van der Waals surface area contributed by atoms with Crippen LogP contribution in [-0.4, -0.2) is 31.7 Å². The molecule has 0 atom stereocenters. The molecule has 0 bridgehead atoms. The lowest BCUT2D eigenvalue weighted by atomic mass is 10.2. The number of rotatable bonds is 11. The molecule has 0 aliphatic rings. The van der Waals surface area contributed by atoms with Crippen molar-refractivity contribution in [3.63, 3.8) is 0 Å². The maximum atomic E-state index is 12.1. The number of amides is 2. The molecular weight excluding hydrogens is 446 g/mol. The van der Waals surface area contributed by atoms with Crippen LogP contribution in [0.25, 0.3) is 0 Å². The third-order valence-corrected chi connectivity index (χ3v) is 4.88. The predicted molar refractivity (Wildman–Crippen MR) is 135 cm³/mol. The van der Waals surface area contributed by atoms with Gasteiger partial charge in [-0.3, -0.25) is 9.59 Å². The molecule has 0 aliphatic carbocycles. The summed E-state index contributed by atoms with van der Waals surface area (Å²) < 4.78 is 16.6. The van der Waals surface area contributed by atoms with Gasteiger partial charge in [0.15, 0.2) is 11.5 Å². The van der Waals surface area contributed by atoms with Crippen LogP contribution in [0.1, 0.15) is 30.0 Å². The van der Waals surface area contributed by atoms with Crippen molar-refractivity contribution in [1.82, 2.24) is 5.43 Å². The quantitative estimate of drug-likeness (QED) is 0.242. The zero-order valence-electron chi connectivity index (χ0n) is 20.0. The Morgan fingerprint density at radius 2 is 1.66 bits per heavy atom. The van der Waals surface area contributed by atoms with Crippen LogP contribution >= 0.6 is 0 Å². The van der Waals surface area contributed by atoms with E-state index in [1.54, 1.807) is 49.6 Å². The van der Waals surface area contributed by atoms with Crippen LogP contribution in [0.2, 0.25) is 0 Å². The van der Waals surface area contributed by atoms with Gasteiger partial charge in [-0.05, 0) is 67.4 Å². The van der Waals surface area contributed by atoms with Crippen LogP contribution in [0.4, 0.5) is 5.69 Å². The van der Waals surface area contributed by atoms with Crippen molar-refractivity contribution in [2.45, 2.75) is 26.9 Å². The minimum Gasteiger partial charge on any atom is -0.494 e. The number of nitrogens with one attached hydrogen (secondary N) is 2. The third-order valence-electron chi connectivity index (χ3n) is 4.88. The molecule has 0 saturated carbocycles. The molecule has 0 heterocycles. The van der Waals surface area contributed by atoms with Gasteiger partial charge in [0.05, 0.1) is 19.9 Å². The van der Waals surface area contributed by atoms with Crippen molar-refractivity contribution in [3.8, 4) is 17.2 Å². The van der Waals surface area contributed by atoms with E-state index in [0.29, 0.717) is 41.7 Å². The maximum Gasteiger partial charge on any atom is 0.249 e. The minimum absolute atomic E-state index is 0.361. The van der Waals surface area contributed by atoms with Crippen LogP contribution in [0.3, 0.4) is 0 Å². The lowest BCUT2D eigenvalue weighted by Gasteiger charge is -2.11. The van der Waals surface area contributed by atoms with Crippen molar-refractivity contribution in [2.75, 3.05) is 19.0 Å². The SMILES string of the molecule is CCOc1ccc(NC(=O)CC(=O)NN=Cc2ccc(OCc3ccc(C)cc3)c(OC)c2)cc1. The predicted octanol–water partition coefficient (Wildman–Crippen LogP) is 4.46. The molecule has 8 nitrogen and oxygen atoms in total. The fourth-order valence-corrected chi connectivity index (χ4v) is 3.10. The summed E-state index contributed by atoms with van der Waals surface area (Å²) in [6.45, 7) is 4.91. The van der Waals surface area contributed by atoms with Gasteiger partial charge < -0.3 is 19.5 Å². The van der Waals surface area contributed by atoms with E-state index in [0.717, 1.165) is 5.56 Å². The molecule has 3 aromatic rings. The molecule has 8 heteroatoms. The van der Waals surface area contributed by atoms with Crippen LogP contribution in [0.5, 0.6) is 17.2 Å². The third kappa shape index (κ3) is 8.19. The number of carbonyl (C=O) groups is 2. The summed E-state index contributed by atoms with van der Waals surface area (Å²) >= 11 is 0. The monoisotopic (exact) mass is 475 g/mol. The van der Waals surface area contributed by atoms with Crippen molar-refractivity contribution in [3.05, 3.63) is 83.4 Å². The van der Waals surface area contributed by atoms with Gasteiger partial charge in [-0.25, -0.2) is 5.43 Å². The Hall–Kier alpha value is -4.33. The second kappa shape index (κ2) is 12.8. The van der Waals surface area contributed by atoms with Gasteiger partial charge in [-0.15, -0.1) is 0 Å². The Morgan fingerprint density at radius 3 is 2.34 bits per heavy atom. The second-order valence-corrected chi connectivity index (χ2v) is 7.66. The summed E-state index contributed by atoms with van der Waals surface area (Å²) in [5, 5.41) is 6.58. The highest BCUT2D eigenvalue weighted by atomic mass is 16.5. The number of hydrogen-bond acceptors (Lipinski definition) is 6. The highest BCUT2D eigenvalue weighted by Gasteiger charge is 2.10. The summed E-state index contributed by atoms with van der Waals surface area (Å²) in [5.41, 5.74) is 5.87. The first-order chi connectivity index (χ1) is 17.0. The van der Waals surface area contributed by atoms with E-state index >= 15 is 0 Å². The van der Waals surface area contributed by atoms with Gasteiger partial charge >= 0.3 is 0 Å². The molecule has 0 spiro atoms. The number of hydrazone groups is 1. The largest absolute Gasteiger partial charge is 0.494 e. The van der Waals surface area contributed by atoms with Crippen LogP contribution in [0, 0.1) is 6.92 Å². The highest BCUT2D eigenvalue weighted by Crippen LogP contribution is 2.28. The molecular formula is C27H29N3O5. The van der Waals surface area contributed by atoms with Gasteiger partial charge in [0.2, 0.25) is 11.8 Å². The minimum atomic E-state index is -0.533. The summed E-state index contributed by atoms with van der Waals surface area (Å²) in [4.78, 5) is 24.1. The summed E-state index contributed by atoms with van der Waals surface area (Å²) in [5.74, 6) is 0.871. The number of aryl methyl sites for hydroxylation is 1. The first-order valence-electron chi connectivity index (χ1n) is 11.2. The highest BCUT2D eigenvalue weighted by molar-refractivity contribution is 6.03. The molecule has 0 fully saturated rings. The number of carbonyl (C=O) groups excluding carboxylic acids is 2. The van der Waals surface area contributed by atoms with Crippen LogP contribution < -0.4 is 25.0 Å². The Kier molecular flexibility index (Phi) is 9.24. The number of nitrogens with zero attached hydrogens (tertiary/aromatic N) is 1. The van der Waals surface area contributed by atoms with E-state index in [4.69, 9.17) is 14.2 Å². The number of ether oxygens (including phenoxy) is 3. The molecule has 35 heavy (non-hydrogen) atoms. The standard InChI is InChI=1S/C27H29N3O5/c1-4-34-23-12-10-22(11-13-23)29-26(31)16-27(32)30-28-17-21-9-14-24(25(15-21)33-3)35-18-20-7-5-19(2)6-8-20/h5-15,17H,4,16,18H2,1-3H3,(H,29,31)(H,30,32). The Bertz CT molecular complexity index is 1160. The zero-order valence-corrected chi connectivity index (χ0v) is 20.0. The molecule has 2 N–H and O–H groups in total. The number of methoxy groups -OCH3 is 1. The van der Waals surface area contributed by atoms with E-state index in [1.807, 2.05) is 38.1 Å². The van der Waals surface area contributed by atoms with Gasteiger partial charge in [-0.1, -0.05) is 29.8 Å². The first kappa shape index (κ1) is 25.3. The Balaban J connectivity index is 1.48. The van der Waals surface area contributed by atoms with E-state index in [9.17, 15) is 9.59 Å².